The van der Waals surface area contributed by atoms with Crippen LogP contribution in [0.15, 0.2) is 88.3 Å². The molecule has 4 rings (SSSR count). The van der Waals surface area contributed by atoms with E-state index in [-0.39, 0.29) is 5.88 Å². The Morgan fingerprint density at radius 1 is 0.839 bits per heavy atom. The van der Waals surface area contributed by atoms with Crippen LogP contribution in [0.25, 0.3) is 22.5 Å². The van der Waals surface area contributed by atoms with Gasteiger partial charge in [0.25, 0.3) is 0 Å². The average molecular weight is 408 g/mol. The monoisotopic (exact) mass is 408 g/mol. The van der Waals surface area contributed by atoms with Gasteiger partial charge in [-0.1, -0.05) is 66.7 Å². The van der Waals surface area contributed by atoms with Crippen LogP contribution in [0.3, 0.4) is 0 Å². The predicted octanol–water partition coefficient (Wildman–Crippen LogP) is 6.25. The molecule has 31 heavy (non-hydrogen) atoms. The van der Waals surface area contributed by atoms with Crippen molar-refractivity contribution in [2.75, 3.05) is 14.2 Å². The first-order valence-corrected chi connectivity index (χ1v) is 9.69. The number of ether oxygens (including phenoxy) is 2. The molecule has 4 aromatic rings. The maximum absolute atomic E-state index is 9.97. The van der Waals surface area contributed by atoms with Crippen molar-refractivity contribution in [2.24, 2.45) is 4.99 Å². The summed E-state index contributed by atoms with van der Waals surface area (Å²) in [5, 5.41) is 9.97. The molecule has 0 aliphatic heterocycles. The van der Waals surface area contributed by atoms with Crippen molar-refractivity contribution in [3.63, 3.8) is 0 Å². The molecule has 0 saturated carbocycles. The van der Waals surface area contributed by atoms with Crippen molar-refractivity contribution >= 4 is 12.1 Å². The molecule has 0 atom stereocenters. The molecule has 0 N–H and O–H groups in total. The molecule has 1 heterocycles. The molecule has 0 saturated heterocycles. The maximum atomic E-state index is 9.97. The number of hydrogen-bond donors (Lipinski definition) is 0. The molecule has 0 fully saturated rings. The highest BCUT2D eigenvalue weighted by Gasteiger charge is 2.22. The third kappa shape index (κ3) is 3.92. The SMILES string of the molecule is COc1cccc(C=Nc2oc(-c3ccccc3)c(-c3ccccc3)c2C#N)c1OC. The minimum atomic E-state index is 0.241. The molecule has 3 aromatic carbocycles. The van der Waals surface area contributed by atoms with E-state index in [9.17, 15) is 5.26 Å². The van der Waals surface area contributed by atoms with Crippen LogP contribution in [-0.4, -0.2) is 20.4 Å². The molecule has 0 amide bonds. The van der Waals surface area contributed by atoms with Crippen molar-refractivity contribution in [3.8, 4) is 40.0 Å². The second kappa shape index (κ2) is 9.02. The first-order chi connectivity index (χ1) is 15.3. The molecule has 0 spiro atoms. The van der Waals surface area contributed by atoms with Gasteiger partial charge in [0.15, 0.2) is 11.5 Å². The fraction of sp³-hybridized carbons (Fsp3) is 0.0769. The molecule has 152 valence electrons. The minimum Gasteiger partial charge on any atom is -0.493 e. The zero-order valence-electron chi connectivity index (χ0n) is 17.2. The van der Waals surface area contributed by atoms with E-state index in [1.165, 1.54) is 0 Å². The fourth-order valence-electron chi connectivity index (χ4n) is 3.43. The summed E-state index contributed by atoms with van der Waals surface area (Å²) in [5.41, 5.74) is 3.58. The fourth-order valence-corrected chi connectivity index (χ4v) is 3.43. The van der Waals surface area contributed by atoms with E-state index < -0.39 is 0 Å². The van der Waals surface area contributed by atoms with Crippen LogP contribution in [0.1, 0.15) is 11.1 Å². The number of nitriles is 1. The van der Waals surface area contributed by atoms with E-state index in [1.54, 1.807) is 20.4 Å². The highest BCUT2D eigenvalue weighted by molar-refractivity contribution is 5.91. The number of aliphatic imine (C=N–C) groups is 1. The van der Waals surface area contributed by atoms with Gasteiger partial charge in [-0.15, -0.1) is 0 Å². The van der Waals surface area contributed by atoms with E-state index in [0.29, 0.717) is 28.4 Å². The molecule has 0 radical (unpaired) electrons. The van der Waals surface area contributed by atoms with Gasteiger partial charge in [-0.2, -0.15) is 5.26 Å². The van der Waals surface area contributed by atoms with E-state index >= 15 is 0 Å². The van der Waals surface area contributed by atoms with Crippen LogP contribution < -0.4 is 9.47 Å². The van der Waals surface area contributed by atoms with Crippen LogP contribution in [0.4, 0.5) is 5.88 Å². The smallest absolute Gasteiger partial charge is 0.238 e. The zero-order chi connectivity index (χ0) is 21.6. The van der Waals surface area contributed by atoms with Gasteiger partial charge in [-0.05, 0) is 17.7 Å². The lowest BCUT2D eigenvalue weighted by atomic mass is 9.98. The van der Waals surface area contributed by atoms with Crippen molar-refractivity contribution < 1.29 is 13.9 Å². The second-order valence-electron chi connectivity index (χ2n) is 6.67. The van der Waals surface area contributed by atoms with Gasteiger partial charge in [0.1, 0.15) is 17.4 Å². The van der Waals surface area contributed by atoms with E-state index in [1.807, 2.05) is 78.9 Å². The lowest BCUT2D eigenvalue weighted by Gasteiger charge is -2.09. The molecule has 0 aliphatic carbocycles. The topological polar surface area (TPSA) is 67.8 Å². The largest absolute Gasteiger partial charge is 0.493 e. The molecule has 0 bridgehead atoms. The Morgan fingerprint density at radius 3 is 2.13 bits per heavy atom. The van der Waals surface area contributed by atoms with Gasteiger partial charge in [0, 0.05) is 22.9 Å². The van der Waals surface area contributed by atoms with Gasteiger partial charge in [0.05, 0.1) is 14.2 Å². The van der Waals surface area contributed by atoms with Gasteiger partial charge in [-0.25, -0.2) is 4.99 Å². The summed E-state index contributed by atoms with van der Waals surface area (Å²) in [7, 11) is 3.15. The number of benzene rings is 3. The predicted molar refractivity (Wildman–Crippen MR) is 121 cm³/mol. The summed E-state index contributed by atoms with van der Waals surface area (Å²) in [6.07, 6.45) is 1.62. The number of nitrogens with zero attached hydrogens (tertiary/aromatic N) is 2. The van der Waals surface area contributed by atoms with Gasteiger partial charge >= 0.3 is 0 Å². The number of hydrogen-bond acceptors (Lipinski definition) is 5. The molecular weight excluding hydrogens is 388 g/mol. The minimum absolute atomic E-state index is 0.241. The average Bonchev–Trinajstić information content (AvgIpc) is 3.22. The standard InChI is InChI=1S/C26H20N2O3/c1-29-22-15-9-14-20(24(22)30-2)17-28-26-21(16-27)23(18-10-5-3-6-11-18)25(31-26)19-12-7-4-8-13-19/h3-15,17H,1-2H3. The Labute approximate surface area is 180 Å². The first-order valence-electron chi connectivity index (χ1n) is 9.69. The summed E-state index contributed by atoms with van der Waals surface area (Å²) in [6, 6.07) is 27.2. The molecule has 0 unspecified atom stereocenters. The Kier molecular flexibility index (Phi) is 5.82. The van der Waals surface area contributed by atoms with Crippen molar-refractivity contribution in [1.82, 2.24) is 0 Å². The maximum Gasteiger partial charge on any atom is 0.238 e. The van der Waals surface area contributed by atoms with Gasteiger partial charge < -0.3 is 13.9 Å². The lowest BCUT2D eigenvalue weighted by Crippen LogP contribution is -1.94. The Bertz CT molecular complexity index is 1250. The third-order valence-electron chi connectivity index (χ3n) is 4.85. The van der Waals surface area contributed by atoms with Crippen LogP contribution in [-0.2, 0) is 0 Å². The summed E-state index contributed by atoms with van der Waals surface area (Å²) in [5.74, 6) is 2.00. The first kappa shape index (κ1) is 20.0. The van der Waals surface area contributed by atoms with Crippen molar-refractivity contribution in [3.05, 3.63) is 90.0 Å². The highest BCUT2D eigenvalue weighted by Crippen LogP contribution is 2.42. The Balaban J connectivity index is 1.88. The third-order valence-corrected chi connectivity index (χ3v) is 4.85. The van der Waals surface area contributed by atoms with E-state index in [0.717, 1.165) is 16.7 Å². The zero-order valence-corrected chi connectivity index (χ0v) is 17.2. The summed E-state index contributed by atoms with van der Waals surface area (Å²) in [6.45, 7) is 0. The summed E-state index contributed by atoms with van der Waals surface area (Å²) in [4.78, 5) is 4.51. The number of rotatable bonds is 6. The number of methoxy groups -OCH3 is 2. The van der Waals surface area contributed by atoms with Crippen LogP contribution >= 0.6 is 0 Å². The quantitative estimate of drug-likeness (QED) is 0.354. The molecule has 1 aromatic heterocycles. The summed E-state index contributed by atoms with van der Waals surface area (Å²) >= 11 is 0. The van der Waals surface area contributed by atoms with Crippen LogP contribution in [0.2, 0.25) is 0 Å². The second-order valence-corrected chi connectivity index (χ2v) is 6.67. The van der Waals surface area contributed by atoms with Crippen LogP contribution in [0, 0.1) is 11.3 Å². The number of para-hydroxylation sites is 1. The lowest BCUT2D eigenvalue weighted by molar-refractivity contribution is 0.354. The van der Waals surface area contributed by atoms with Crippen LogP contribution in [0.5, 0.6) is 11.5 Å². The Hall–Kier alpha value is -4.30. The molecule has 5 heteroatoms. The Morgan fingerprint density at radius 2 is 1.52 bits per heavy atom. The van der Waals surface area contributed by atoms with Gasteiger partial charge in [0.2, 0.25) is 5.88 Å². The molecule has 0 aliphatic rings. The summed E-state index contributed by atoms with van der Waals surface area (Å²) < 4.78 is 17.0. The van der Waals surface area contributed by atoms with Crippen molar-refractivity contribution in [1.29, 1.82) is 5.26 Å². The van der Waals surface area contributed by atoms with E-state index in [2.05, 4.69) is 11.1 Å². The normalized spacial score (nSPS) is 10.7. The van der Waals surface area contributed by atoms with Crippen molar-refractivity contribution in [2.45, 2.75) is 0 Å². The van der Waals surface area contributed by atoms with E-state index in [4.69, 9.17) is 13.9 Å². The highest BCUT2D eigenvalue weighted by atomic mass is 16.5. The molecule has 5 nitrogen and oxygen atoms in total. The molecular formula is C26H20N2O3. The van der Waals surface area contributed by atoms with Gasteiger partial charge in [-0.3, -0.25) is 0 Å². The number of furan rings is 1.